The lowest BCUT2D eigenvalue weighted by atomic mass is 10.1. The van der Waals surface area contributed by atoms with Crippen LogP contribution < -0.4 is 0 Å². The lowest BCUT2D eigenvalue weighted by molar-refractivity contribution is -0.136. The summed E-state index contributed by atoms with van der Waals surface area (Å²) in [6.07, 6.45) is 23.7. The Labute approximate surface area is 194 Å². The van der Waals surface area contributed by atoms with Crippen molar-refractivity contribution in [1.29, 1.82) is 0 Å². The van der Waals surface area contributed by atoms with E-state index in [9.17, 15) is 4.79 Å². The van der Waals surface area contributed by atoms with Crippen LogP contribution in [0.2, 0.25) is 0 Å². The summed E-state index contributed by atoms with van der Waals surface area (Å²) in [4.78, 5) is 14.7. The van der Waals surface area contributed by atoms with Crippen molar-refractivity contribution in [2.45, 2.75) is 129 Å². The van der Waals surface area contributed by atoms with Gasteiger partial charge in [-0.15, -0.1) is 0 Å². The average molecular weight is 442 g/mol. The summed E-state index contributed by atoms with van der Waals surface area (Å²) in [6.45, 7) is 7.54. The molecule has 0 N–H and O–H groups in total. The predicted molar refractivity (Wildman–Crippen MR) is 134 cm³/mol. The molecular formula is C27H55NO3. The number of ether oxygens (including phenoxy) is 2. The van der Waals surface area contributed by atoms with Crippen LogP contribution in [0.3, 0.4) is 0 Å². The van der Waals surface area contributed by atoms with E-state index in [1.165, 1.54) is 103 Å². The van der Waals surface area contributed by atoms with Crippen molar-refractivity contribution in [3.8, 4) is 0 Å². The van der Waals surface area contributed by atoms with E-state index < -0.39 is 0 Å². The summed E-state index contributed by atoms with van der Waals surface area (Å²) in [6, 6.07) is 0. The molecular weight excluding hydrogens is 386 g/mol. The van der Waals surface area contributed by atoms with Crippen molar-refractivity contribution in [3.63, 3.8) is 0 Å². The van der Waals surface area contributed by atoms with Crippen molar-refractivity contribution in [1.82, 2.24) is 4.90 Å². The molecule has 31 heavy (non-hydrogen) atoms. The van der Waals surface area contributed by atoms with Crippen LogP contribution in [0.1, 0.15) is 129 Å². The fourth-order valence-corrected chi connectivity index (χ4v) is 3.98. The van der Waals surface area contributed by atoms with E-state index in [1.54, 1.807) is 7.11 Å². The third-order valence-corrected chi connectivity index (χ3v) is 6.07. The van der Waals surface area contributed by atoms with E-state index in [-0.39, 0.29) is 12.5 Å². The Morgan fingerprint density at radius 2 is 0.968 bits per heavy atom. The number of amides is 1. The molecule has 0 aliphatic heterocycles. The molecule has 0 aliphatic rings. The maximum atomic E-state index is 12.6. The summed E-state index contributed by atoms with van der Waals surface area (Å²) in [5.41, 5.74) is 0. The van der Waals surface area contributed by atoms with Gasteiger partial charge in [-0.2, -0.15) is 0 Å². The third-order valence-electron chi connectivity index (χ3n) is 6.07. The molecule has 186 valence electrons. The minimum absolute atomic E-state index is 0.148. The molecule has 0 unspecified atom stereocenters. The zero-order valence-corrected chi connectivity index (χ0v) is 21.4. The van der Waals surface area contributed by atoms with E-state index in [0.29, 0.717) is 13.2 Å². The predicted octanol–water partition coefficient (Wildman–Crippen LogP) is 7.54. The number of hydrogen-bond acceptors (Lipinski definition) is 3. The third kappa shape index (κ3) is 22.4. The smallest absolute Gasteiger partial charge is 0.248 e. The van der Waals surface area contributed by atoms with Crippen LogP contribution in [0.4, 0.5) is 0 Å². The number of carbonyl (C=O) groups is 1. The van der Waals surface area contributed by atoms with Gasteiger partial charge in [0.15, 0.2) is 0 Å². The maximum absolute atomic E-state index is 12.6. The van der Waals surface area contributed by atoms with Crippen molar-refractivity contribution < 1.29 is 14.3 Å². The van der Waals surface area contributed by atoms with Gasteiger partial charge in [-0.3, -0.25) is 4.79 Å². The minimum Gasteiger partial charge on any atom is -0.382 e. The number of unbranched alkanes of at least 4 members (excludes halogenated alkanes) is 16. The molecule has 1 amide bonds. The molecule has 4 heteroatoms. The van der Waals surface area contributed by atoms with Gasteiger partial charge in [-0.1, -0.05) is 117 Å². The number of nitrogens with zero attached hydrogens (tertiary/aromatic N) is 1. The molecule has 0 fully saturated rings. The quantitative estimate of drug-likeness (QED) is 0.137. The zero-order chi connectivity index (χ0) is 22.8. The van der Waals surface area contributed by atoms with Gasteiger partial charge in [0.1, 0.15) is 6.61 Å². The Kier molecular flexibility index (Phi) is 25.1. The maximum Gasteiger partial charge on any atom is 0.248 e. The van der Waals surface area contributed by atoms with E-state index >= 15 is 0 Å². The Hall–Kier alpha value is -0.610. The molecule has 0 saturated carbocycles. The molecule has 4 nitrogen and oxygen atoms in total. The molecule has 0 aromatic rings. The standard InChI is InChI=1S/C27H55NO3/c1-4-6-8-10-12-14-16-18-20-22-28(27(29)26-31-25-24-30-3)23-21-19-17-15-13-11-9-7-5-2/h4-26H2,1-3H3. The summed E-state index contributed by atoms with van der Waals surface area (Å²) in [5, 5.41) is 0. The number of carbonyl (C=O) groups excluding carboxylic acids is 1. The van der Waals surface area contributed by atoms with Crippen LogP contribution in [0.25, 0.3) is 0 Å². The highest BCUT2D eigenvalue weighted by Crippen LogP contribution is 2.12. The molecule has 0 heterocycles. The minimum atomic E-state index is 0.148. The van der Waals surface area contributed by atoms with Gasteiger partial charge in [-0.25, -0.2) is 0 Å². The van der Waals surface area contributed by atoms with Crippen LogP contribution >= 0.6 is 0 Å². The second-order valence-corrected chi connectivity index (χ2v) is 9.08. The molecule has 0 aromatic carbocycles. The highest BCUT2D eigenvalue weighted by Gasteiger charge is 2.13. The first-order valence-electron chi connectivity index (χ1n) is 13.6. The highest BCUT2D eigenvalue weighted by molar-refractivity contribution is 5.77. The second-order valence-electron chi connectivity index (χ2n) is 9.08. The van der Waals surface area contributed by atoms with Crippen LogP contribution in [0.5, 0.6) is 0 Å². The fourth-order valence-electron chi connectivity index (χ4n) is 3.98. The number of hydrogen-bond donors (Lipinski definition) is 0. The molecule has 0 spiro atoms. The summed E-state index contributed by atoms with van der Waals surface area (Å²) < 4.78 is 10.5. The monoisotopic (exact) mass is 441 g/mol. The Bertz CT molecular complexity index is 340. The first kappa shape index (κ1) is 30.4. The molecule has 0 bridgehead atoms. The van der Waals surface area contributed by atoms with Gasteiger partial charge in [0, 0.05) is 20.2 Å². The van der Waals surface area contributed by atoms with E-state index in [2.05, 4.69) is 18.7 Å². The van der Waals surface area contributed by atoms with Crippen LogP contribution in [0, 0.1) is 0 Å². The molecule has 0 rings (SSSR count). The Morgan fingerprint density at radius 1 is 0.581 bits per heavy atom. The molecule has 0 aliphatic carbocycles. The molecule has 0 saturated heterocycles. The first-order valence-corrected chi connectivity index (χ1v) is 13.6. The van der Waals surface area contributed by atoms with Gasteiger partial charge in [0.25, 0.3) is 0 Å². The summed E-state index contributed by atoms with van der Waals surface area (Å²) >= 11 is 0. The van der Waals surface area contributed by atoms with Gasteiger partial charge >= 0.3 is 0 Å². The topological polar surface area (TPSA) is 38.8 Å². The largest absolute Gasteiger partial charge is 0.382 e. The van der Waals surface area contributed by atoms with Crippen LogP contribution in [-0.4, -0.2) is 50.8 Å². The van der Waals surface area contributed by atoms with E-state index in [4.69, 9.17) is 9.47 Å². The first-order chi connectivity index (χ1) is 15.3. The van der Waals surface area contributed by atoms with Crippen molar-refractivity contribution in [2.24, 2.45) is 0 Å². The summed E-state index contributed by atoms with van der Waals surface area (Å²) in [5.74, 6) is 0.148. The van der Waals surface area contributed by atoms with E-state index in [0.717, 1.165) is 25.9 Å². The summed E-state index contributed by atoms with van der Waals surface area (Å²) in [7, 11) is 1.66. The lowest BCUT2D eigenvalue weighted by Gasteiger charge is -2.23. The van der Waals surface area contributed by atoms with Crippen LogP contribution in [-0.2, 0) is 14.3 Å². The van der Waals surface area contributed by atoms with Gasteiger partial charge < -0.3 is 14.4 Å². The average Bonchev–Trinajstić information content (AvgIpc) is 2.78. The Balaban J connectivity index is 3.96. The molecule has 0 aromatic heterocycles. The van der Waals surface area contributed by atoms with Crippen molar-refractivity contribution in [3.05, 3.63) is 0 Å². The molecule has 0 radical (unpaired) electrons. The lowest BCUT2D eigenvalue weighted by Crippen LogP contribution is -2.36. The van der Waals surface area contributed by atoms with Crippen molar-refractivity contribution in [2.75, 3.05) is 40.0 Å². The number of methoxy groups -OCH3 is 1. The van der Waals surface area contributed by atoms with E-state index in [1.807, 2.05) is 0 Å². The second kappa shape index (κ2) is 25.6. The zero-order valence-electron chi connectivity index (χ0n) is 21.4. The fraction of sp³-hybridized carbons (Fsp3) is 0.963. The Morgan fingerprint density at radius 3 is 1.35 bits per heavy atom. The molecule has 0 atom stereocenters. The SMILES string of the molecule is CCCCCCCCCCCN(CCCCCCCCCCC)C(=O)COCCOC. The van der Waals surface area contributed by atoms with Gasteiger partial charge in [0.05, 0.1) is 13.2 Å². The van der Waals surface area contributed by atoms with Gasteiger partial charge in [-0.05, 0) is 12.8 Å². The van der Waals surface area contributed by atoms with Gasteiger partial charge in [0.2, 0.25) is 5.91 Å². The number of rotatable bonds is 25. The van der Waals surface area contributed by atoms with Crippen LogP contribution in [0.15, 0.2) is 0 Å². The normalized spacial score (nSPS) is 11.2. The van der Waals surface area contributed by atoms with Crippen molar-refractivity contribution >= 4 is 5.91 Å². The highest BCUT2D eigenvalue weighted by atomic mass is 16.5.